The van der Waals surface area contributed by atoms with Crippen molar-refractivity contribution in [2.24, 2.45) is 0 Å². The molecule has 0 bridgehead atoms. The van der Waals surface area contributed by atoms with E-state index in [0.29, 0.717) is 12.5 Å². The third kappa shape index (κ3) is 2.87. The average molecular weight is 300 g/mol. The Balaban J connectivity index is 1.87. The van der Waals surface area contributed by atoms with E-state index in [9.17, 15) is 4.79 Å². The van der Waals surface area contributed by atoms with E-state index in [-0.39, 0.29) is 5.91 Å². The molecule has 1 amide bonds. The van der Waals surface area contributed by atoms with Crippen LogP contribution in [0.5, 0.6) is 0 Å². The number of hydrogen-bond acceptors (Lipinski definition) is 3. The number of anilines is 1. The standard InChI is InChI=1S/C17H20N2OS/c1-18(2)15-9-10-19(16-8-4-3-7-14(15)16)17(20)12-13-6-5-11-21-13/h3-8,11,15H,9-10,12H2,1-2H3. The van der Waals surface area contributed by atoms with Crippen molar-refractivity contribution in [3.05, 3.63) is 52.2 Å². The van der Waals surface area contributed by atoms with Crippen LogP contribution in [0.2, 0.25) is 0 Å². The quantitative estimate of drug-likeness (QED) is 0.868. The molecule has 1 unspecified atom stereocenters. The second-order valence-electron chi connectivity index (χ2n) is 5.63. The molecule has 4 heteroatoms. The maximum Gasteiger partial charge on any atom is 0.232 e. The first-order valence-corrected chi connectivity index (χ1v) is 8.13. The maximum atomic E-state index is 12.6. The summed E-state index contributed by atoms with van der Waals surface area (Å²) in [6.07, 6.45) is 1.48. The number of nitrogens with zero attached hydrogens (tertiary/aromatic N) is 2. The second-order valence-corrected chi connectivity index (χ2v) is 6.66. The highest BCUT2D eigenvalue weighted by Crippen LogP contribution is 2.36. The molecule has 0 aliphatic carbocycles. The number of benzene rings is 1. The molecule has 21 heavy (non-hydrogen) atoms. The molecule has 1 atom stereocenters. The van der Waals surface area contributed by atoms with Gasteiger partial charge >= 0.3 is 0 Å². The molecule has 1 aromatic heterocycles. The molecule has 0 spiro atoms. The van der Waals surface area contributed by atoms with Gasteiger partial charge in [-0.25, -0.2) is 0 Å². The van der Waals surface area contributed by atoms with Gasteiger partial charge in [0, 0.05) is 23.2 Å². The molecule has 3 rings (SSSR count). The van der Waals surface area contributed by atoms with Crippen molar-refractivity contribution in [1.29, 1.82) is 0 Å². The molecule has 110 valence electrons. The molecule has 0 saturated heterocycles. The van der Waals surface area contributed by atoms with E-state index in [0.717, 1.165) is 23.5 Å². The smallest absolute Gasteiger partial charge is 0.232 e. The van der Waals surface area contributed by atoms with Crippen molar-refractivity contribution in [2.75, 3.05) is 25.5 Å². The largest absolute Gasteiger partial charge is 0.312 e. The highest BCUT2D eigenvalue weighted by Gasteiger charge is 2.29. The summed E-state index contributed by atoms with van der Waals surface area (Å²) >= 11 is 1.65. The first-order chi connectivity index (χ1) is 10.2. The zero-order chi connectivity index (χ0) is 14.8. The summed E-state index contributed by atoms with van der Waals surface area (Å²) in [4.78, 5) is 17.9. The van der Waals surface area contributed by atoms with Crippen LogP contribution in [-0.2, 0) is 11.2 Å². The predicted molar refractivity (Wildman–Crippen MR) is 87.9 cm³/mol. The fourth-order valence-electron chi connectivity index (χ4n) is 3.00. The van der Waals surface area contributed by atoms with E-state index < -0.39 is 0 Å². The first-order valence-electron chi connectivity index (χ1n) is 7.25. The third-order valence-corrected chi connectivity index (χ3v) is 4.92. The zero-order valence-electron chi connectivity index (χ0n) is 12.5. The molecule has 1 aliphatic rings. The number of amides is 1. The number of para-hydroxylation sites is 1. The van der Waals surface area contributed by atoms with Crippen LogP contribution in [0.4, 0.5) is 5.69 Å². The highest BCUT2D eigenvalue weighted by molar-refractivity contribution is 7.10. The highest BCUT2D eigenvalue weighted by atomic mass is 32.1. The topological polar surface area (TPSA) is 23.6 Å². The van der Waals surface area contributed by atoms with E-state index in [4.69, 9.17) is 0 Å². The Hall–Kier alpha value is -1.65. The Kier molecular flexibility index (Phi) is 4.08. The number of hydrogen-bond donors (Lipinski definition) is 0. The summed E-state index contributed by atoms with van der Waals surface area (Å²) in [5.74, 6) is 0.196. The van der Waals surface area contributed by atoms with Crippen LogP contribution in [0.3, 0.4) is 0 Å². The van der Waals surface area contributed by atoms with Gasteiger partial charge in [0.2, 0.25) is 5.91 Å². The Morgan fingerprint density at radius 3 is 2.81 bits per heavy atom. The van der Waals surface area contributed by atoms with Gasteiger partial charge in [0.1, 0.15) is 0 Å². The summed E-state index contributed by atoms with van der Waals surface area (Å²) in [7, 11) is 4.20. The van der Waals surface area contributed by atoms with Gasteiger partial charge in [0.15, 0.2) is 0 Å². The summed E-state index contributed by atoms with van der Waals surface area (Å²) in [6, 6.07) is 12.7. The van der Waals surface area contributed by atoms with Crippen molar-refractivity contribution in [2.45, 2.75) is 18.9 Å². The van der Waals surface area contributed by atoms with Gasteiger partial charge in [-0.2, -0.15) is 0 Å². The van der Waals surface area contributed by atoms with Crippen molar-refractivity contribution >= 4 is 22.9 Å². The molecule has 0 saturated carbocycles. The lowest BCUT2D eigenvalue weighted by molar-refractivity contribution is -0.118. The molecule has 3 nitrogen and oxygen atoms in total. The minimum atomic E-state index is 0.196. The monoisotopic (exact) mass is 300 g/mol. The lowest BCUT2D eigenvalue weighted by Crippen LogP contribution is -2.40. The van der Waals surface area contributed by atoms with E-state index >= 15 is 0 Å². The van der Waals surface area contributed by atoms with Crippen LogP contribution in [0.25, 0.3) is 0 Å². The average Bonchev–Trinajstić information content (AvgIpc) is 2.98. The normalized spacial score (nSPS) is 17.9. The van der Waals surface area contributed by atoms with E-state index in [1.807, 2.05) is 28.5 Å². The molecular weight excluding hydrogens is 280 g/mol. The van der Waals surface area contributed by atoms with Gasteiger partial charge in [-0.1, -0.05) is 24.3 Å². The zero-order valence-corrected chi connectivity index (χ0v) is 13.3. The van der Waals surface area contributed by atoms with Crippen molar-refractivity contribution < 1.29 is 4.79 Å². The first kappa shape index (κ1) is 14.3. The SMILES string of the molecule is CN(C)C1CCN(C(=O)Cc2cccs2)c2ccccc21. The van der Waals surface area contributed by atoms with Crippen LogP contribution in [0.1, 0.15) is 22.9 Å². The van der Waals surface area contributed by atoms with Crippen LogP contribution in [0, 0.1) is 0 Å². The summed E-state index contributed by atoms with van der Waals surface area (Å²) in [6.45, 7) is 0.796. The molecule has 1 aromatic carbocycles. The minimum absolute atomic E-state index is 0.196. The van der Waals surface area contributed by atoms with Gasteiger partial charge in [-0.3, -0.25) is 4.79 Å². The maximum absolute atomic E-state index is 12.6. The Labute approximate surface area is 129 Å². The molecule has 2 heterocycles. The number of fused-ring (bicyclic) bond motifs is 1. The van der Waals surface area contributed by atoms with Crippen LogP contribution in [-0.4, -0.2) is 31.4 Å². The van der Waals surface area contributed by atoms with Crippen molar-refractivity contribution in [3.8, 4) is 0 Å². The Bertz CT molecular complexity index is 621. The predicted octanol–water partition coefficient (Wildman–Crippen LogP) is 3.33. The lowest BCUT2D eigenvalue weighted by Gasteiger charge is -2.37. The number of thiophene rings is 1. The van der Waals surface area contributed by atoms with E-state index in [1.165, 1.54) is 5.56 Å². The van der Waals surface area contributed by atoms with Gasteiger partial charge in [0.05, 0.1) is 6.42 Å². The van der Waals surface area contributed by atoms with Crippen LogP contribution < -0.4 is 4.90 Å². The van der Waals surface area contributed by atoms with E-state index in [2.05, 4.69) is 37.2 Å². The minimum Gasteiger partial charge on any atom is -0.312 e. The second kappa shape index (κ2) is 6.00. The van der Waals surface area contributed by atoms with Crippen LogP contribution >= 0.6 is 11.3 Å². The fraction of sp³-hybridized carbons (Fsp3) is 0.353. The van der Waals surface area contributed by atoms with Crippen molar-refractivity contribution in [1.82, 2.24) is 4.90 Å². The van der Waals surface area contributed by atoms with Gasteiger partial charge in [-0.05, 0) is 43.6 Å². The molecule has 1 aliphatic heterocycles. The molecule has 0 fully saturated rings. The lowest BCUT2D eigenvalue weighted by atomic mass is 9.95. The fourth-order valence-corrected chi connectivity index (χ4v) is 3.69. The number of carbonyl (C=O) groups is 1. The van der Waals surface area contributed by atoms with Gasteiger partial charge in [-0.15, -0.1) is 11.3 Å². The third-order valence-electron chi connectivity index (χ3n) is 4.04. The Morgan fingerprint density at radius 2 is 2.10 bits per heavy atom. The molecule has 0 radical (unpaired) electrons. The van der Waals surface area contributed by atoms with Crippen molar-refractivity contribution in [3.63, 3.8) is 0 Å². The number of carbonyl (C=O) groups excluding carboxylic acids is 1. The number of rotatable bonds is 3. The Morgan fingerprint density at radius 1 is 1.29 bits per heavy atom. The molecular formula is C17H20N2OS. The summed E-state index contributed by atoms with van der Waals surface area (Å²) < 4.78 is 0. The molecule has 0 N–H and O–H groups in total. The molecule has 2 aromatic rings. The van der Waals surface area contributed by atoms with Gasteiger partial charge < -0.3 is 9.80 Å². The summed E-state index contributed by atoms with van der Waals surface area (Å²) in [5.41, 5.74) is 2.33. The van der Waals surface area contributed by atoms with E-state index in [1.54, 1.807) is 11.3 Å². The summed E-state index contributed by atoms with van der Waals surface area (Å²) in [5, 5.41) is 2.02. The van der Waals surface area contributed by atoms with Crippen LogP contribution in [0.15, 0.2) is 41.8 Å². The van der Waals surface area contributed by atoms with Gasteiger partial charge in [0.25, 0.3) is 0 Å².